The third kappa shape index (κ3) is 5.13. The second-order valence-corrected chi connectivity index (χ2v) is 2.84. The van der Waals surface area contributed by atoms with Crippen molar-refractivity contribution in [1.29, 1.82) is 0 Å². The molecule has 0 aliphatic rings. The highest BCUT2D eigenvalue weighted by Gasteiger charge is 2.15. The molecule has 0 saturated carbocycles. The summed E-state index contributed by atoms with van der Waals surface area (Å²) in [5.74, 6) is -0.328. The number of hydrogen-bond donors (Lipinski definition) is 0. The second-order valence-electron chi connectivity index (χ2n) is 2.84. The van der Waals surface area contributed by atoms with Gasteiger partial charge in [0.05, 0.1) is 6.10 Å². The molecule has 71 valence electrons. The topological polar surface area (TPSA) is 35.5 Å². The van der Waals surface area contributed by atoms with Crippen LogP contribution < -0.4 is 0 Å². The van der Waals surface area contributed by atoms with Crippen LogP contribution >= 0.6 is 0 Å². The van der Waals surface area contributed by atoms with Gasteiger partial charge in [-0.3, -0.25) is 0 Å². The molecule has 0 aromatic carbocycles. The summed E-state index contributed by atoms with van der Waals surface area (Å²) in [5, 5.41) is 0. The van der Waals surface area contributed by atoms with Crippen LogP contribution in [-0.2, 0) is 14.3 Å². The smallest absolute Gasteiger partial charge is 0.335 e. The monoisotopic (exact) mass is 173 g/mol. The van der Waals surface area contributed by atoms with Crippen LogP contribution in [0.3, 0.4) is 0 Å². The minimum Gasteiger partial charge on any atom is -0.457 e. The highest BCUT2D eigenvalue weighted by Crippen LogP contribution is 2.01. The summed E-state index contributed by atoms with van der Waals surface area (Å²) < 4.78 is 9.98. The van der Waals surface area contributed by atoms with E-state index >= 15 is 0 Å². The van der Waals surface area contributed by atoms with E-state index in [9.17, 15) is 4.79 Å². The van der Waals surface area contributed by atoms with Crippen LogP contribution in [-0.4, -0.2) is 18.2 Å². The van der Waals surface area contributed by atoms with Crippen molar-refractivity contribution in [1.82, 2.24) is 0 Å². The fourth-order valence-corrected chi connectivity index (χ4v) is 0.725. The summed E-state index contributed by atoms with van der Waals surface area (Å²) in [6.07, 6.45) is 0.294. The summed E-state index contributed by atoms with van der Waals surface area (Å²) in [6.45, 7) is 8.83. The molecule has 0 saturated heterocycles. The largest absolute Gasteiger partial charge is 0.457 e. The Morgan fingerprint density at radius 2 is 2.00 bits per heavy atom. The van der Waals surface area contributed by atoms with Crippen molar-refractivity contribution in [3.63, 3.8) is 0 Å². The van der Waals surface area contributed by atoms with Gasteiger partial charge in [-0.15, -0.1) is 0 Å². The van der Waals surface area contributed by atoms with Gasteiger partial charge in [-0.05, 0) is 27.2 Å². The molecule has 0 aliphatic heterocycles. The molecule has 1 atom stereocenters. The van der Waals surface area contributed by atoms with E-state index in [0.717, 1.165) is 6.42 Å². The lowest BCUT2D eigenvalue weighted by molar-refractivity contribution is -0.155. The highest BCUT2D eigenvalue weighted by atomic mass is 16.6. The van der Waals surface area contributed by atoms with Crippen molar-refractivity contribution in [2.75, 3.05) is 0 Å². The van der Waals surface area contributed by atoms with Crippen LogP contribution in [0.5, 0.6) is 0 Å². The van der Waals surface area contributed by atoms with Gasteiger partial charge in [0.15, 0.2) is 6.10 Å². The van der Waals surface area contributed by atoms with E-state index in [4.69, 9.17) is 9.47 Å². The minimum absolute atomic E-state index is 0.0502. The van der Waals surface area contributed by atoms with E-state index in [1.165, 1.54) is 6.61 Å². The summed E-state index contributed by atoms with van der Waals surface area (Å²) in [7, 11) is 0. The van der Waals surface area contributed by atoms with Crippen molar-refractivity contribution in [3.8, 4) is 0 Å². The Hall–Kier alpha value is -0.570. The zero-order valence-electron chi connectivity index (χ0n) is 8.16. The summed E-state index contributed by atoms with van der Waals surface area (Å²) >= 11 is 0. The van der Waals surface area contributed by atoms with Gasteiger partial charge in [0.1, 0.15) is 6.61 Å². The molecule has 3 nitrogen and oxygen atoms in total. The average molecular weight is 173 g/mol. The molecule has 0 bridgehead atoms. The first kappa shape index (κ1) is 11.4. The molecule has 0 rings (SSSR count). The molecule has 1 radical (unpaired) electrons. The van der Waals surface area contributed by atoms with Crippen LogP contribution in [0.1, 0.15) is 34.1 Å². The number of hydrogen-bond acceptors (Lipinski definition) is 3. The van der Waals surface area contributed by atoms with Gasteiger partial charge in [-0.2, -0.15) is 0 Å². The van der Waals surface area contributed by atoms with Gasteiger partial charge < -0.3 is 9.47 Å². The molecular formula is C9H17O3. The van der Waals surface area contributed by atoms with Crippen LogP contribution in [0, 0.1) is 6.61 Å². The molecular weight excluding hydrogens is 156 g/mol. The Kier molecular flexibility index (Phi) is 5.72. The number of carbonyl (C=O) groups excluding carboxylic acids is 1. The first-order valence-electron chi connectivity index (χ1n) is 4.25. The van der Waals surface area contributed by atoms with Crippen molar-refractivity contribution in [2.24, 2.45) is 0 Å². The van der Waals surface area contributed by atoms with E-state index < -0.39 is 6.10 Å². The van der Waals surface area contributed by atoms with Crippen molar-refractivity contribution in [3.05, 3.63) is 6.61 Å². The molecule has 0 aromatic heterocycles. The molecule has 1 unspecified atom stereocenters. The average Bonchev–Trinajstić information content (AvgIpc) is 1.98. The number of ether oxygens (including phenoxy) is 2. The Balaban J connectivity index is 3.61. The second kappa shape index (κ2) is 6.00. The lowest BCUT2D eigenvalue weighted by atomic mass is 10.4. The highest BCUT2D eigenvalue weighted by molar-refractivity contribution is 5.74. The third-order valence-electron chi connectivity index (χ3n) is 1.17. The van der Waals surface area contributed by atoms with Crippen LogP contribution in [0.25, 0.3) is 0 Å². The molecule has 0 aliphatic carbocycles. The molecule has 0 spiro atoms. The summed E-state index contributed by atoms with van der Waals surface area (Å²) in [4.78, 5) is 11.1. The molecule has 3 heteroatoms. The Bertz CT molecular complexity index is 132. The van der Waals surface area contributed by atoms with E-state index in [-0.39, 0.29) is 12.1 Å². The zero-order chi connectivity index (χ0) is 9.56. The SMILES string of the molecule is CC[CH]OC(=O)C(C)OC(C)C. The first-order valence-corrected chi connectivity index (χ1v) is 4.25. The third-order valence-corrected chi connectivity index (χ3v) is 1.17. The molecule has 0 aromatic rings. The van der Waals surface area contributed by atoms with Crippen molar-refractivity contribution in [2.45, 2.75) is 46.3 Å². The predicted molar refractivity (Wildman–Crippen MR) is 46.4 cm³/mol. The van der Waals surface area contributed by atoms with Crippen molar-refractivity contribution >= 4 is 5.97 Å². The first-order chi connectivity index (χ1) is 5.57. The number of rotatable bonds is 5. The Morgan fingerprint density at radius 3 is 2.42 bits per heavy atom. The van der Waals surface area contributed by atoms with E-state index in [2.05, 4.69) is 0 Å². The summed E-state index contributed by atoms with van der Waals surface area (Å²) in [6, 6.07) is 0. The zero-order valence-corrected chi connectivity index (χ0v) is 8.16. The molecule has 0 N–H and O–H groups in total. The Morgan fingerprint density at radius 1 is 1.42 bits per heavy atom. The van der Waals surface area contributed by atoms with Gasteiger partial charge in [0.25, 0.3) is 0 Å². The van der Waals surface area contributed by atoms with E-state index in [0.29, 0.717) is 0 Å². The number of carbonyl (C=O) groups is 1. The van der Waals surface area contributed by atoms with Gasteiger partial charge in [0, 0.05) is 0 Å². The molecule has 12 heavy (non-hydrogen) atoms. The normalized spacial score (nSPS) is 13.1. The maximum absolute atomic E-state index is 11.1. The van der Waals surface area contributed by atoms with Gasteiger partial charge in [0.2, 0.25) is 0 Å². The minimum atomic E-state index is -0.479. The lowest BCUT2D eigenvalue weighted by Crippen LogP contribution is -2.25. The molecule has 0 fully saturated rings. The maximum Gasteiger partial charge on any atom is 0.335 e. The molecule has 0 heterocycles. The number of esters is 1. The fraction of sp³-hybridized carbons (Fsp3) is 0.778. The van der Waals surface area contributed by atoms with E-state index in [1.54, 1.807) is 6.92 Å². The molecule has 0 amide bonds. The van der Waals surface area contributed by atoms with Crippen LogP contribution in [0.15, 0.2) is 0 Å². The predicted octanol–water partition coefficient (Wildman–Crippen LogP) is 1.91. The van der Waals surface area contributed by atoms with Gasteiger partial charge in [-0.25, -0.2) is 4.79 Å². The summed E-state index contributed by atoms with van der Waals surface area (Å²) in [5.41, 5.74) is 0. The van der Waals surface area contributed by atoms with Gasteiger partial charge >= 0.3 is 5.97 Å². The van der Waals surface area contributed by atoms with Crippen LogP contribution in [0.2, 0.25) is 0 Å². The lowest BCUT2D eigenvalue weighted by Gasteiger charge is -2.14. The van der Waals surface area contributed by atoms with E-state index in [1.807, 2.05) is 20.8 Å². The van der Waals surface area contributed by atoms with Crippen LogP contribution in [0.4, 0.5) is 0 Å². The van der Waals surface area contributed by atoms with Crippen molar-refractivity contribution < 1.29 is 14.3 Å². The van der Waals surface area contributed by atoms with Gasteiger partial charge in [-0.1, -0.05) is 6.92 Å². The quantitative estimate of drug-likeness (QED) is 0.596. The Labute approximate surface area is 74.0 Å². The standard InChI is InChI=1S/C9H17O3/c1-5-6-11-9(10)8(4)12-7(2)3/h6-8H,5H2,1-4H3. The maximum atomic E-state index is 11.1. The fourth-order valence-electron chi connectivity index (χ4n) is 0.725.